The van der Waals surface area contributed by atoms with Crippen molar-refractivity contribution in [2.75, 3.05) is 5.32 Å². The van der Waals surface area contributed by atoms with Crippen LogP contribution in [0.4, 0.5) is 11.4 Å². The van der Waals surface area contributed by atoms with E-state index in [-0.39, 0.29) is 0 Å². The number of benzene rings is 4. The maximum Gasteiger partial charge on any atom is 0.134 e. The van der Waals surface area contributed by atoms with E-state index in [2.05, 4.69) is 113 Å². The van der Waals surface area contributed by atoms with Gasteiger partial charge in [-0.2, -0.15) is 0 Å². The number of nitrogens with one attached hydrogen (secondary N) is 1. The second kappa shape index (κ2) is 10.4. The van der Waals surface area contributed by atoms with Gasteiger partial charge in [-0.15, -0.1) is 0 Å². The van der Waals surface area contributed by atoms with E-state index in [1.165, 1.54) is 22.4 Å². The largest absolute Gasteiger partial charge is 0.488 e. The lowest BCUT2D eigenvalue weighted by molar-refractivity contribution is 0.304. The fourth-order valence-electron chi connectivity index (χ4n) is 5.35. The van der Waals surface area contributed by atoms with Crippen molar-refractivity contribution in [1.29, 1.82) is 0 Å². The third kappa shape index (κ3) is 5.12. The molecule has 0 unspecified atom stereocenters. The fraction of sp³-hybridized carbons (Fsp3) is 0.182. The predicted molar refractivity (Wildman–Crippen MR) is 156 cm³/mol. The van der Waals surface area contributed by atoms with E-state index in [1.54, 1.807) is 0 Å². The second-order valence-corrected chi connectivity index (χ2v) is 10.7. The molecule has 1 N–H and O–H groups in total. The molecule has 0 saturated carbocycles. The minimum Gasteiger partial charge on any atom is -0.488 e. The highest BCUT2D eigenvalue weighted by atomic mass is 79.9. The van der Waals surface area contributed by atoms with E-state index in [1.807, 2.05) is 24.4 Å². The summed E-state index contributed by atoms with van der Waals surface area (Å²) in [7, 11) is 0. The maximum absolute atomic E-state index is 6.00. The van der Waals surface area contributed by atoms with Gasteiger partial charge in [0.15, 0.2) is 0 Å². The van der Waals surface area contributed by atoms with Crippen LogP contribution < -0.4 is 10.1 Å². The Balaban J connectivity index is 1.12. The van der Waals surface area contributed by atoms with Gasteiger partial charge in [-0.1, -0.05) is 72.3 Å². The SMILES string of the molecule is Cc1ccc(COc2ccc(C=Nc3ccc([C@@H]4Nc5ccccc5[C@H]5C=CC[C@H]54)cc3)cc2Br)cc1. The number of rotatable bonds is 6. The molecule has 0 radical (unpaired) electrons. The number of hydrogen-bond donors (Lipinski definition) is 1. The molecule has 1 aliphatic carbocycles. The number of fused-ring (bicyclic) bond motifs is 3. The zero-order valence-electron chi connectivity index (χ0n) is 20.8. The third-order valence-electron chi connectivity index (χ3n) is 7.36. The van der Waals surface area contributed by atoms with Crippen molar-refractivity contribution in [1.82, 2.24) is 0 Å². The molecule has 0 fully saturated rings. The molecule has 0 saturated heterocycles. The molecule has 4 aromatic rings. The van der Waals surface area contributed by atoms with Gasteiger partial charge in [0, 0.05) is 17.8 Å². The van der Waals surface area contributed by atoms with Crippen LogP contribution in [0.1, 0.15) is 46.2 Å². The summed E-state index contributed by atoms with van der Waals surface area (Å²) in [5.74, 6) is 1.86. The first kappa shape index (κ1) is 23.7. The van der Waals surface area contributed by atoms with Crippen LogP contribution in [0.3, 0.4) is 0 Å². The first-order valence-corrected chi connectivity index (χ1v) is 13.6. The fourth-order valence-corrected chi connectivity index (χ4v) is 5.86. The Labute approximate surface area is 227 Å². The highest BCUT2D eigenvalue weighted by Gasteiger charge is 2.37. The molecular weight excluding hydrogens is 520 g/mol. The van der Waals surface area contributed by atoms with Crippen LogP contribution >= 0.6 is 15.9 Å². The predicted octanol–water partition coefficient (Wildman–Crippen LogP) is 8.91. The number of anilines is 1. The summed E-state index contributed by atoms with van der Waals surface area (Å²) in [6.45, 7) is 2.63. The summed E-state index contributed by atoms with van der Waals surface area (Å²) in [6.07, 6.45) is 7.72. The van der Waals surface area contributed by atoms with Gasteiger partial charge in [-0.05, 0) is 93.8 Å². The smallest absolute Gasteiger partial charge is 0.134 e. The summed E-state index contributed by atoms with van der Waals surface area (Å²) in [5.41, 5.74) is 8.33. The van der Waals surface area contributed by atoms with Crippen LogP contribution in [-0.2, 0) is 6.61 Å². The topological polar surface area (TPSA) is 33.6 Å². The lowest BCUT2D eigenvalue weighted by Gasteiger charge is -2.37. The molecule has 37 heavy (non-hydrogen) atoms. The van der Waals surface area contributed by atoms with E-state index in [0.29, 0.717) is 24.5 Å². The van der Waals surface area contributed by atoms with Crippen LogP contribution in [0.25, 0.3) is 0 Å². The third-order valence-corrected chi connectivity index (χ3v) is 7.98. The maximum atomic E-state index is 6.00. The van der Waals surface area contributed by atoms with Crippen LogP contribution in [0, 0.1) is 12.8 Å². The highest BCUT2D eigenvalue weighted by Crippen LogP contribution is 2.49. The molecule has 0 spiro atoms. The molecule has 0 bridgehead atoms. The molecule has 1 aliphatic heterocycles. The number of halogens is 1. The average molecular weight is 550 g/mol. The molecule has 3 nitrogen and oxygen atoms in total. The summed E-state index contributed by atoms with van der Waals surface area (Å²) < 4.78 is 6.92. The van der Waals surface area contributed by atoms with Crippen LogP contribution in [0.2, 0.25) is 0 Å². The van der Waals surface area contributed by atoms with Gasteiger partial charge in [0.2, 0.25) is 0 Å². The van der Waals surface area contributed by atoms with Crippen molar-refractivity contribution < 1.29 is 4.74 Å². The molecule has 4 aromatic carbocycles. The van der Waals surface area contributed by atoms with E-state index in [0.717, 1.165) is 33.5 Å². The van der Waals surface area contributed by atoms with Crippen LogP contribution in [-0.4, -0.2) is 6.21 Å². The van der Waals surface area contributed by atoms with E-state index >= 15 is 0 Å². The molecule has 1 heterocycles. The summed E-state index contributed by atoms with van der Waals surface area (Å²) in [5, 5.41) is 3.80. The lowest BCUT2D eigenvalue weighted by atomic mass is 9.77. The monoisotopic (exact) mass is 548 g/mol. The molecular formula is C33H29BrN2O. The number of para-hydroxylation sites is 1. The second-order valence-electron chi connectivity index (χ2n) is 9.88. The molecule has 6 rings (SSSR count). The zero-order chi connectivity index (χ0) is 25.2. The molecule has 4 heteroatoms. The Morgan fingerprint density at radius 3 is 2.59 bits per heavy atom. The lowest BCUT2D eigenvalue weighted by Crippen LogP contribution is -2.28. The van der Waals surface area contributed by atoms with Crippen molar-refractivity contribution in [3.63, 3.8) is 0 Å². The average Bonchev–Trinajstić information content (AvgIpc) is 3.43. The molecule has 2 aliphatic rings. The first-order valence-electron chi connectivity index (χ1n) is 12.8. The van der Waals surface area contributed by atoms with Gasteiger partial charge < -0.3 is 10.1 Å². The van der Waals surface area contributed by atoms with Crippen molar-refractivity contribution in [3.05, 3.63) is 135 Å². The molecule has 0 aromatic heterocycles. The molecule has 3 atom stereocenters. The summed E-state index contributed by atoms with van der Waals surface area (Å²) in [6, 6.07) is 32.1. The van der Waals surface area contributed by atoms with Gasteiger partial charge in [-0.3, -0.25) is 4.99 Å². The molecule has 0 amide bonds. The number of nitrogens with zero attached hydrogens (tertiary/aromatic N) is 1. The van der Waals surface area contributed by atoms with Crippen LogP contribution in [0.5, 0.6) is 5.75 Å². The Morgan fingerprint density at radius 2 is 1.78 bits per heavy atom. The van der Waals surface area contributed by atoms with Gasteiger partial charge in [0.05, 0.1) is 16.2 Å². The van der Waals surface area contributed by atoms with Crippen LogP contribution in [0.15, 0.2) is 113 Å². The van der Waals surface area contributed by atoms with Crippen molar-refractivity contribution in [2.45, 2.75) is 31.9 Å². The van der Waals surface area contributed by atoms with E-state index in [9.17, 15) is 0 Å². The highest BCUT2D eigenvalue weighted by molar-refractivity contribution is 9.10. The number of ether oxygens (including phenoxy) is 1. The van der Waals surface area contributed by atoms with Crippen molar-refractivity contribution in [3.8, 4) is 5.75 Å². The number of aliphatic imine (C=N–C) groups is 1. The summed E-state index contributed by atoms with van der Waals surface area (Å²) in [4.78, 5) is 4.72. The standard InChI is InChI=1S/C33H29BrN2O/c1-22-9-11-23(12-10-22)21-37-32-18-13-24(19-30(32)34)20-35-26-16-14-25(15-17-26)33-29-7-4-6-27(29)28-5-2-3-8-31(28)36-33/h2-6,8-20,27,29,33,36H,7,21H2,1H3/t27-,29-,33+/m1/s1. The van der Waals surface area contributed by atoms with E-state index in [4.69, 9.17) is 9.73 Å². The Kier molecular flexibility index (Phi) is 6.67. The quantitative estimate of drug-likeness (QED) is 0.192. The number of aryl methyl sites for hydroxylation is 1. The van der Waals surface area contributed by atoms with Crippen molar-refractivity contribution >= 4 is 33.5 Å². The number of hydrogen-bond acceptors (Lipinski definition) is 3. The normalized spacial score (nSPS) is 19.9. The minimum absolute atomic E-state index is 0.302. The Hall–Kier alpha value is -3.63. The Bertz CT molecular complexity index is 1460. The van der Waals surface area contributed by atoms with Gasteiger partial charge in [0.25, 0.3) is 0 Å². The zero-order valence-corrected chi connectivity index (χ0v) is 22.4. The van der Waals surface area contributed by atoms with E-state index < -0.39 is 0 Å². The van der Waals surface area contributed by atoms with Gasteiger partial charge in [0.1, 0.15) is 12.4 Å². The molecule has 184 valence electrons. The minimum atomic E-state index is 0.302. The van der Waals surface area contributed by atoms with Crippen molar-refractivity contribution in [2.24, 2.45) is 10.9 Å². The van der Waals surface area contributed by atoms with Gasteiger partial charge in [-0.25, -0.2) is 0 Å². The van der Waals surface area contributed by atoms with Gasteiger partial charge >= 0.3 is 0 Å². The number of allylic oxidation sites excluding steroid dienone is 2. The Morgan fingerprint density at radius 1 is 0.973 bits per heavy atom. The first-order chi connectivity index (χ1) is 18.1. The summed E-state index contributed by atoms with van der Waals surface area (Å²) >= 11 is 3.65.